The predicted molar refractivity (Wildman–Crippen MR) is 81.1 cm³/mol. The lowest BCUT2D eigenvalue weighted by Gasteiger charge is -2.46. The van der Waals surface area contributed by atoms with Crippen LogP contribution in [0.2, 0.25) is 0 Å². The summed E-state index contributed by atoms with van der Waals surface area (Å²) < 4.78 is 17.4. The first-order valence-corrected chi connectivity index (χ1v) is 8.26. The second kappa shape index (κ2) is 6.87. The van der Waals surface area contributed by atoms with Crippen molar-refractivity contribution in [3.63, 3.8) is 0 Å². The van der Waals surface area contributed by atoms with Gasteiger partial charge in [-0.25, -0.2) is 0 Å². The minimum Gasteiger partial charge on any atom is -0.389 e. The fourth-order valence-electron chi connectivity index (χ4n) is 2.75. The first-order chi connectivity index (χ1) is 10.7. The van der Waals surface area contributed by atoms with Crippen molar-refractivity contribution in [1.29, 1.82) is 0 Å². The summed E-state index contributed by atoms with van der Waals surface area (Å²) in [6, 6.07) is 8.81. The van der Waals surface area contributed by atoms with Crippen molar-refractivity contribution in [3.05, 3.63) is 46.3 Å². The Morgan fingerprint density at radius 1 is 1.32 bits per heavy atom. The Hall–Kier alpha value is -1.28. The Labute approximate surface area is 132 Å². The van der Waals surface area contributed by atoms with Crippen LogP contribution in [0.1, 0.15) is 11.9 Å². The van der Waals surface area contributed by atoms with Gasteiger partial charge in [-0.15, -0.1) is 11.8 Å². The third kappa shape index (κ3) is 2.94. The van der Waals surface area contributed by atoms with Gasteiger partial charge in [0.1, 0.15) is 23.7 Å². The van der Waals surface area contributed by atoms with Gasteiger partial charge < -0.3 is 19.3 Å². The number of aliphatic hydroxyl groups excluding tert-OH is 1. The third-order valence-electron chi connectivity index (χ3n) is 3.82. The largest absolute Gasteiger partial charge is 0.389 e. The molecule has 2 heterocycles. The highest BCUT2D eigenvalue weighted by molar-refractivity contribution is 7.99. The standard InChI is InChI=1S/C14H17N3O4S/c1-22-14-11(18)10(16-17-15)12-9(20-14)7-19-13(21-12)8-5-3-2-4-6-8/h2-6,9-14,18H,7H2,1H3/t9?,10-,11?,12+,13?,14+/m1/s1. The summed E-state index contributed by atoms with van der Waals surface area (Å²) in [6.45, 7) is 0.325. The van der Waals surface area contributed by atoms with E-state index in [0.717, 1.165) is 5.56 Å². The molecular formula is C14H17N3O4S. The second-order valence-corrected chi connectivity index (χ2v) is 6.08. The number of hydrogen-bond donors (Lipinski definition) is 1. The molecule has 2 fully saturated rings. The minimum absolute atomic E-state index is 0.325. The highest BCUT2D eigenvalue weighted by atomic mass is 32.2. The quantitative estimate of drug-likeness (QED) is 0.522. The molecule has 0 bridgehead atoms. The SMILES string of the molecule is CS[C@@H]1OC2COC(c3ccccc3)O[C@@H]2[C@H](N=[N+]=[N-])C1O. The van der Waals surface area contributed by atoms with E-state index < -0.39 is 30.0 Å². The molecule has 1 N–H and O–H groups in total. The molecule has 0 aliphatic carbocycles. The number of nitrogens with zero attached hydrogens (tertiary/aromatic N) is 3. The number of thioether (sulfide) groups is 1. The average Bonchev–Trinajstić information content (AvgIpc) is 2.57. The van der Waals surface area contributed by atoms with Crippen molar-refractivity contribution in [2.24, 2.45) is 5.11 Å². The van der Waals surface area contributed by atoms with Crippen molar-refractivity contribution in [3.8, 4) is 0 Å². The number of rotatable bonds is 3. The van der Waals surface area contributed by atoms with Crippen LogP contribution in [0, 0.1) is 0 Å². The summed E-state index contributed by atoms with van der Waals surface area (Å²) in [6.07, 6.45) is -0.537. The van der Waals surface area contributed by atoms with Crippen LogP contribution >= 0.6 is 11.8 Å². The van der Waals surface area contributed by atoms with Crippen molar-refractivity contribution in [1.82, 2.24) is 0 Å². The van der Waals surface area contributed by atoms with Gasteiger partial charge in [-0.2, -0.15) is 0 Å². The summed E-state index contributed by atoms with van der Waals surface area (Å²) in [5.41, 5.74) is 9.20. The van der Waals surface area contributed by atoms with E-state index in [-0.39, 0.29) is 6.10 Å². The van der Waals surface area contributed by atoms with Crippen LogP contribution in [0.15, 0.2) is 35.4 Å². The monoisotopic (exact) mass is 323 g/mol. The van der Waals surface area contributed by atoms with E-state index in [2.05, 4.69) is 10.0 Å². The lowest BCUT2D eigenvalue weighted by atomic mass is 9.97. The lowest BCUT2D eigenvalue weighted by Crippen LogP contribution is -2.60. The number of azide groups is 1. The zero-order chi connectivity index (χ0) is 15.5. The number of benzene rings is 1. The van der Waals surface area contributed by atoms with Gasteiger partial charge in [-0.3, -0.25) is 0 Å². The van der Waals surface area contributed by atoms with Crippen LogP contribution < -0.4 is 0 Å². The van der Waals surface area contributed by atoms with Crippen LogP contribution in [0.3, 0.4) is 0 Å². The molecule has 3 unspecified atom stereocenters. The normalized spacial score (nSPS) is 37.9. The molecule has 2 aliphatic rings. The summed E-state index contributed by atoms with van der Waals surface area (Å²) in [7, 11) is 0. The topological polar surface area (TPSA) is 96.7 Å². The van der Waals surface area contributed by atoms with Gasteiger partial charge in [0, 0.05) is 10.5 Å². The van der Waals surface area contributed by atoms with Gasteiger partial charge in [0.2, 0.25) is 0 Å². The van der Waals surface area contributed by atoms with E-state index >= 15 is 0 Å². The molecule has 0 aromatic heterocycles. The highest BCUT2D eigenvalue weighted by Crippen LogP contribution is 2.37. The summed E-state index contributed by atoms with van der Waals surface area (Å²) in [4.78, 5) is 2.85. The molecule has 0 radical (unpaired) electrons. The first-order valence-electron chi connectivity index (χ1n) is 6.97. The van der Waals surface area contributed by atoms with Gasteiger partial charge in [0.15, 0.2) is 6.29 Å². The molecule has 0 saturated carbocycles. The molecule has 2 saturated heterocycles. The maximum atomic E-state index is 10.3. The van der Waals surface area contributed by atoms with Crippen molar-refractivity contribution < 1.29 is 19.3 Å². The Kier molecular flexibility index (Phi) is 4.87. The third-order valence-corrected chi connectivity index (χ3v) is 4.68. The fourth-order valence-corrected chi connectivity index (χ4v) is 3.44. The number of ether oxygens (including phenoxy) is 3. The summed E-state index contributed by atoms with van der Waals surface area (Å²) in [5, 5.41) is 14.1. The Balaban J connectivity index is 1.82. The van der Waals surface area contributed by atoms with Gasteiger partial charge in [0.05, 0.1) is 12.6 Å². The fraction of sp³-hybridized carbons (Fsp3) is 0.571. The van der Waals surface area contributed by atoms with Gasteiger partial charge in [-0.05, 0) is 11.8 Å². The minimum atomic E-state index is -0.915. The van der Waals surface area contributed by atoms with E-state index in [1.807, 2.05) is 36.6 Å². The lowest BCUT2D eigenvalue weighted by molar-refractivity contribution is -0.297. The number of aliphatic hydroxyl groups is 1. The molecule has 8 heteroatoms. The molecule has 0 amide bonds. The molecule has 1 aromatic rings. The smallest absolute Gasteiger partial charge is 0.184 e. The molecule has 7 nitrogen and oxygen atoms in total. The van der Waals surface area contributed by atoms with Crippen molar-refractivity contribution >= 4 is 11.8 Å². The van der Waals surface area contributed by atoms with Gasteiger partial charge in [-0.1, -0.05) is 35.4 Å². The van der Waals surface area contributed by atoms with Crippen LogP contribution in [-0.2, 0) is 14.2 Å². The summed E-state index contributed by atoms with van der Waals surface area (Å²) in [5.74, 6) is 0. The zero-order valence-corrected chi connectivity index (χ0v) is 12.8. The zero-order valence-electron chi connectivity index (χ0n) is 12.0. The van der Waals surface area contributed by atoms with Crippen LogP contribution in [0.4, 0.5) is 0 Å². The molecule has 2 aliphatic heterocycles. The second-order valence-electron chi connectivity index (χ2n) is 5.14. The van der Waals surface area contributed by atoms with Crippen molar-refractivity contribution in [2.45, 2.75) is 36.1 Å². The Bertz CT molecular complexity index is 554. The molecular weight excluding hydrogens is 306 g/mol. The molecule has 6 atom stereocenters. The Morgan fingerprint density at radius 2 is 2.09 bits per heavy atom. The van der Waals surface area contributed by atoms with E-state index in [4.69, 9.17) is 19.7 Å². The van der Waals surface area contributed by atoms with Gasteiger partial charge >= 0.3 is 0 Å². The number of hydrogen-bond acceptors (Lipinski definition) is 6. The molecule has 118 valence electrons. The number of fused-ring (bicyclic) bond motifs is 1. The molecule has 0 spiro atoms. The molecule has 1 aromatic carbocycles. The average molecular weight is 323 g/mol. The maximum absolute atomic E-state index is 10.3. The van der Waals surface area contributed by atoms with Crippen LogP contribution in [-0.4, -0.2) is 47.8 Å². The van der Waals surface area contributed by atoms with E-state index in [0.29, 0.717) is 6.61 Å². The van der Waals surface area contributed by atoms with Gasteiger partial charge in [0.25, 0.3) is 0 Å². The van der Waals surface area contributed by atoms with E-state index in [1.54, 1.807) is 0 Å². The van der Waals surface area contributed by atoms with E-state index in [1.165, 1.54) is 11.8 Å². The van der Waals surface area contributed by atoms with Crippen molar-refractivity contribution in [2.75, 3.05) is 12.9 Å². The highest BCUT2D eigenvalue weighted by Gasteiger charge is 2.48. The van der Waals surface area contributed by atoms with Crippen LogP contribution in [0.5, 0.6) is 0 Å². The molecule has 3 rings (SSSR count). The maximum Gasteiger partial charge on any atom is 0.184 e. The predicted octanol–water partition coefficient (Wildman–Crippen LogP) is 2.23. The van der Waals surface area contributed by atoms with Crippen LogP contribution in [0.25, 0.3) is 10.4 Å². The molecule has 22 heavy (non-hydrogen) atoms. The Morgan fingerprint density at radius 3 is 2.77 bits per heavy atom. The van der Waals surface area contributed by atoms with E-state index in [9.17, 15) is 5.11 Å². The summed E-state index contributed by atoms with van der Waals surface area (Å²) >= 11 is 1.37. The first kappa shape index (κ1) is 15.6.